The van der Waals surface area contributed by atoms with Gasteiger partial charge in [-0.25, -0.2) is 0 Å². The van der Waals surface area contributed by atoms with Crippen LogP contribution in [0.25, 0.3) is 0 Å². The standard InChI is InChI=1S/C11H26NO.ClH/c1-7-10(12(4,5)6)11(13,8-2)9-3;/h10,13H,7-9H2,1-6H3;1H/q+1;/p-1. The summed E-state index contributed by atoms with van der Waals surface area (Å²) in [5, 5.41) is 10.4. The molecule has 1 N–H and O–H groups in total. The second-order valence-corrected chi connectivity index (χ2v) is 4.85. The molecule has 14 heavy (non-hydrogen) atoms. The molecule has 0 spiro atoms. The van der Waals surface area contributed by atoms with Gasteiger partial charge in [0.1, 0.15) is 11.6 Å². The minimum absolute atomic E-state index is 0. The maximum Gasteiger partial charge on any atom is 0.117 e. The third-order valence-electron chi connectivity index (χ3n) is 3.17. The van der Waals surface area contributed by atoms with Gasteiger partial charge in [-0.1, -0.05) is 20.8 Å². The lowest BCUT2D eigenvalue weighted by atomic mass is 9.85. The molecule has 0 aromatic carbocycles. The number of nitrogens with zero attached hydrogens (tertiary/aromatic N) is 1. The van der Waals surface area contributed by atoms with Gasteiger partial charge < -0.3 is 22.0 Å². The zero-order valence-electron chi connectivity index (χ0n) is 10.5. The van der Waals surface area contributed by atoms with Crippen LogP contribution in [0.1, 0.15) is 40.0 Å². The third-order valence-corrected chi connectivity index (χ3v) is 3.17. The zero-order chi connectivity index (χ0) is 10.7. The Morgan fingerprint density at radius 3 is 1.50 bits per heavy atom. The second-order valence-electron chi connectivity index (χ2n) is 4.85. The molecular formula is C11H26ClNO. The van der Waals surface area contributed by atoms with Crippen molar-refractivity contribution in [2.75, 3.05) is 21.1 Å². The second kappa shape index (κ2) is 5.94. The minimum atomic E-state index is -0.493. The van der Waals surface area contributed by atoms with Crippen molar-refractivity contribution in [1.29, 1.82) is 0 Å². The van der Waals surface area contributed by atoms with Crippen LogP contribution >= 0.6 is 0 Å². The van der Waals surface area contributed by atoms with Crippen molar-refractivity contribution in [3.05, 3.63) is 0 Å². The molecule has 0 bridgehead atoms. The number of hydrogen-bond donors (Lipinski definition) is 1. The molecule has 88 valence electrons. The first-order valence-electron chi connectivity index (χ1n) is 5.35. The molecule has 1 unspecified atom stereocenters. The molecule has 0 saturated carbocycles. The molecule has 0 aromatic heterocycles. The molecule has 0 aliphatic rings. The SMILES string of the molecule is CCC(C(O)(CC)CC)[N+](C)(C)C.[Cl-]. The van der Waals surface area contributed by atoms with Crippen LogP contribution in [0.4, 0.5) is 0 Å². The van der Waals surface area contributed by atoms with E-state index in [4.69, 9.17) is 0 Å². The largest absolute Gasteiger partial charge is 1.00 e. The van der Waals surface area contributed by atoms with Crippen LogP contribution in [-0.4, -0.2) is 42.4 Å². The Morgan fingerprint density at radius 1 is 1.07 bits per heavy atom. The topological polar surface area (TPSA) is 20.2 Å². The van der Waals surface area contributed by atoms with Gasteiger partial charge in [0, 0.05) is 0 Å². The van der Waals surface area contributed by atoms with Crippen molar-refractivity contribution in [3.8, 4) is 0 Å². The first-order chi connectivity index (χ1) is 5.81. The van der Waals surface area contributed by atoms with Crippen molar-refractivity contribution in [1.82, 2.24) is 0 Å². The van der Waals surface area contributed by atoms with Crippen LogP contribution < -0.4 is 12.4 Å². The Balaban J connectivity index is 0. The molecule has 0 aliphatic heterocycles. The first kappa shape index (κ1) is 16.6. The molecule has 0 aliphatic carbocycles. The highest BCUT2D eigenvalue weighted by Crippen LogP contribution is 2.27. The number of halogens is 1. The van der Waals surface area contributed by atoms with E-state index in [1.54, 1.807) is 0 Å². The summed E-state index contributed by atoms with van der Waals surface area (Å²) >= 11 is 0. The van der Waals surface area contributed by atoms with Gasteiger partial charge in [-0.2, -0.15) is 0 Å². The predicted octanol–water partition coefficient (Wildman–Crippen LogP) is -0.974. The molecule has 1 atom stereocenters. The molecular weight excluding hydrogens is 198 g/mol. The fourth-order valence-corrected chi connectivity index (χ4v) is 2.37. The Bertz CT molecular complexity index is 150. The highest BCUT2D eigenvalue weighted by Gasteiger charge is 2.40. The van der Waals surface area contributed by atoms with Crippen LogP contribution in [0.3, 0.4) is 0 Å². The van der Waals surface area contributed by atoms with E-state index < -0.39 is 5.60 Å². The molecule has 0 rings (SSSR count). The van der Waals surface area contributed by atoms with Crippen LogP contribution in [-0.2, 0) is 0 Å². The van der Waals surface area contributed by atoms with Crippen molar-refractivity contribution in [2.24, 2.45) is 0 Å². The first-order valence-corrected chi connectivity index (χ1v) is 5.35. The fourth-order valence-electron chi connectivity index (χ4n) is 2.37. The van der Waals surface area contributed by atoms with Gasteiger partial charge in [0.05, 0.1) is 21.1 Å². The summed E-state index contributed by atoms with van der Waals surface area (Å²) < 4.78 is 0.842. The van der Waals surface area contributed by atoms with Gasteiger partial charge in [0.2, 0.25) is 0 Å². The summed E-state index contributed by atoms with van der Waals surface area (Å²) in [6, 6.07) is 0.336. The molecule has 0 aromatic rings. The van der Waals surface area contributed by atoms with Crippen molar-refractivity contribution < 1.29 is 22.0 Å². The fraction of sp³-hybridized carbons (Fsp3) is 1.00. The van der Waals surface area contributed by atoms with Crippen molar-refractivity contribution in [2.45, 2.75) is 51.7 Å². The summed E-state index contributed by atoms with van der Waals surface area (Å²) in [6.45, 7) is 6.30. The Hall–Kier alpha value is 0.210. The molecule has 0 radical (unpaired) electrons. The molecule has 0 fully saturated rings. The number of likely N-dealkylation sites (N-methyl/N-ethyl adjacent to an activating group) is 1. The summed E-state index contributed by atoms with van der Waals surface area (Å²) in [7, 11) is 6.47. The number of aliphatic hydroxyl groups is 1. The maximum absolute atomic E-state index is 10.4. The number of hydrogen-bond acceptors (Lipinski definition) is 1. The van der Waals surface area contributed by atoms with Crippen LogP contribution in [0.15, 0.2) is 0 Å². The quantitative estimate of drug-likeness (QED) is 0.595. The smallest absolute Gasteiger partial charge is 0.117 e. The lowest BCUT2D eigenvalue weighted by Gasteiger charge is -2.43. The van der Waals surface area contributed by atoms with Gasteiger partial charge in [0.25, 0.3) is 0 Å². The van der Waals surface area contributed by atoms with Gasteiger partial charge in [-0.15, -0.1) is 0 Å². The zero-order valence-corrected chi connectivity index (χ0v) is 11.2. The monoisotopic (exact) mass is 223 g/mol. The third kappa shape index (κ3) is 3.76. The maximum atomic E-state index is 10.4. The van der Waals surface area contributed by atoms with Crippen molar-refractivity contribution >= 4 is 0 Å². The van der Waals surface area contributed by atoms with Gasteiger partial charge in [0.15, 0.2) is 0 Å². The number of quaternary nitrogens is 1. The van der Waals surface area contributed by atoms with E-state index in [0.29, 0.717) is 6.04 Å². The minimum Gasteiger partial charge on any atom is -1.00 e. The van der Waals surface area contributed by atoms with Crippen LogP contribution in [0, 0.1) is 0 Å². The van der Waals surface area contributed by atoms with E-state index in [1.165, 1.54) is 0 Å². The summed E-state index contributed by atoms with van der Waals surface area (Å²) in [4.78, 5) is 0. The Labute approximate surface area is 95.3 Å². The average molecular weight is 224 g/mol. The van der Waals surface area contributed by atoms with Crippen LogP contribution in [0.2, 0.25) is 0 Å². The highest BCUT2D eigenvalue weighted by molar-refractivity contribution is 4.84. The lowest BCUT2D eigenvalue weighted by Crippen LogP contribution is -3.00. The van der Waals surface area contributed by atoms with E-state index in [9.17, 15) is 5.11 Å². The average Bonchev–Trinajstić information content (AvgIpc) is 2.02. The molecule has 0 heterocycles. The summed E-state index contributed by atoms with van der Waals surface area (Å²) in [5.41, 5.74) is -0.493. The van der Waals surface area contributed by atoms with E-state index in [-0.39, 0.29) is 12.4 Å². The number of rotatable bonds is 5. The highest BCUT2D eigenvalue weighted by atomic mass is 35.5. The molecule has 0 amide bonds. The van der Waals surface area contributed by atoms with Gasteiger partial charge in [-0.3, -0.25) is 0 Å². The van der Waals surface area contributed by atoms with Crippen LogP contribution in [0.5, 0.6) is 0 Å². The van der Waals surface area contributed by atoms with E-state index in [0.717, 1.165) is 23.7 Å². The summed E-state index contributed by atoms with van der Waals surface area (Å²) in [6.07, 6.45) is 2.72. The van der Waals surface area contributed by atoms with E-state index in [1.807, 2.05) is 0 Å². The van der Waals surface area contributed by atoms with Gasteiger partial charge in [-0.05, 0) is 19.3 Å². The van der Waals surface area contributed by atoms with Crippen molar-refractivity contribution in [3.63, 3.8) is 0 Å². The van der Waals surface area contributed by atoms with E-state index in [2.05, 4.69) is 41.9 Å². The predicted molar refractivity (Wildman–Crippen MR) is 57.6 cm³/mol. The summed E-state index contributed by atoms with van der Waals surface area (Å²) in [5.74, 6) is 0. The molecule has 2 nitrogen and oxygen atoms in total. The van der Waals surface area contributed by atoms with Gasteiger partial charge >= 0.3 is 0 Å². The normalized spacial score (nSPS) is 14.8. The molecule has 0 saturated heterocycles. The Morgan fingerprint density at radius 2 is 1.43 bits per heavy atom. The van der Waals surface area contributed by atoms with E-state index >= 15 is 0 Å². The lowest BCUT2D eigenvalue weighted by molar-refractivity contribution is -0.904. The molecule has 3 heteroatoms. The Kier molecular flexibility index (Phi) is 7.06.